The Morgan fingerprint density at radius 1 is 1.29 bits per heavy atom. The second kappa shape index (κ2) is 7.81. The Balaban J connectivity index is 1.77. The zero-order valence-corrected chi connectivity index (χ0v) is 13.0. The molecule has 0 saturated heterocycles. The van der Waals surface area contributed by atoms with Gasteiger partial charge < -0.3 is 11.1 Å². The zero-order valence-electron chi connectivity index (χ0n) is 13.0. The molecule has 0 radical (unpaired) electrons. The molecular formula is C15H26N6. The van der Waals surface area contributed by atoms with E-state index in [1.807, 2.05) is 6.07 Å². The fraction of sp³-hybridized carbons (Fsp3) is 0.667. The molecule has 0 aliphatic heterocycles. The van der Waals surface area contributed by atoms with Gasteiger partial charge in [0, 0.05) is 12.7 Å². The summed E-state index contributed by atoms with van der Waals surface area (Å²) in [5, 5.41) is 7.53. The molecule has 0 aromatic carbocycles. The summed E-state index contributed by atoms with van der Waals surface area (Å²) < 4.78 is 1.65. The van der Waals surface area contributed by atoms with Gasteiger partial charge in [-0.25, -0.2) is 4.98 Å². The first-order valence-electron chi connectivity index (χ1n) is 7.95. The van der Waals surface area contributed by atoms with Crippen LogP contribution >= 0.6 is 0 Å². The highest BCUT2D eigenvalue weighted by atomic mass is 15.4. The third kappa shape index (κ3) is 4.31. The SMILES string of the molecule is CCCC(CC)CCCCNc1ccnc2nc(N)nn12. The fourth-order valence-corrected chi connectivity index (χ4v) is 2.68. The summed E-state index contributed by atoms with van der Waals surface area (Å²) in [6.45, 7) is 5.49. The minimum atomic E-state index is 0.252. The van der Waals surface area contributed by atoms with Gasteiger partial charge in [0.1, 0.15) is 5.82 Å². The van der Waals surface area contributed by atoms with Crippen molar-refractivity contribution in [2.75, 3.05) is 17.6 Å². The lowest BCUT2D eigenvalue weighted by atomic mass is 9.95. The molecule has 0 bridgehead atoms. The van der Waals surface area contributed by atoms with Crippen molar-refractivity contribution in [3.63, 3.8) is 0 Å². The van der Waals surface area contributed by atoms with Crippen LogP contribution in [0.5, 0.6) is 0 Å². The van der Waals surface area contributed by atoms with Crippen LogP contribution in [0, 0.1) is 5.92 Å². The van der Waals surface area contributed by atoms with Crippen LogP contribution in [-0.2, 0) is 0 Å². The number of rotatable bonds is 9. The Morgan fingerprint density at radius 3 is 2.90 bits per heavy atom. The lowest BCUT2D eigenvalue weighted by Gasteiger charge is -2.13. The van der Waals surface area contributed by atoms with Gasteiger partial charge in [0.2, 0.25) is 5.95 Å². The van der Waals surface area contributed by atoms with E-state index in [9.17, 15) is 0 Å². The van der Waals surface area contributed by atoms with E-state index in [0.29, 0.717) is 5.78 Å². The van der Waals surface area contributed by atoms with Crippen molar-refractivity contribution in [3.8, 4) is 0 Å². The summed E-state index contributed by atoms with van der Waals surface area (Å²) in [5.41, 5.74) is 5.60. The predicted molar refractivity (Wildman–Crippen MR) is 86.2 cm³/mol. The van der Waals surface area contributed by atoms with Crippen molar-refractivity contribution < 1.29 is 0 Å². The summed E-state index contributed by atoms with van der Waals surface area (Å²) >= 11 is 0. The molecular weight excluding hydrogens is 264 g/mol. The van der Waals surface area contributed by atoms with Crippen LogP contribution in [0.15, 0.2) is 12.3 Å². The van der Waals surface area contributed by atoms with Gasteiger partial charge in [-0.05, 0) is 18.4 Å². The second-order valence-electron chi connectivity index (χ2n) is 5.50. The molecule has 1 unspecified atom stereocenters. The molecule has 0 aliphatic rings. The van der Waals surface area contributed by atoms with E-state index in [1.54, 1.807) is 10.7 Å². The van der Waals surface area contributed by atoms with Gasteiger partial charge in [0.25, 0.3) is 5.78 Å². The van der Waals surface area contributed by atoms with E-state index in [2.05, 4.69) is 34.2 Å². The van der Waals surface area contributed by atoms with Crippen LogP contribution < -0.4 is 11.1 Å². The number of unbranched alkanes of at least 4 members (excludes halogenated alkanes) is 1. The van der Waals surface area contributed by atoms with Gasteiger partial charge >= 0.3 is 0 Å². The first-order valence-corrected chi connectivity index (χ1v) is 7.95. The van der Waals surface area contributed by atoms with Crippen molar-refractivity contribution in [1.29, 1.82) is 0 Å². The predicted octanol–water partition coefficient (Wildman–Crippen LogP) is 3.12. The number of nitrogens with two attached hydrogens (primary N) is 1. The van der Waals surface area contributed by atoms with Crippen molar-refractivity contribution in [3.05, 3.63) is 12.3 Å². The number of nitrogen functional groups attached to an aromatic ring is 1. The van der Waals surface area contributed by atoms with Gasteiger partial charge in [0.15, 0.2) is 0 Å². The molecule has 2 heterocycles. The minimum Gasteiger partial charge on any atom is -0.370 e. The third-order valence-electron chi connectivity index (χ3n) is 3.88. The van der Waals surface area contributed by atoms with E-state index in [1.165, 1.54) is 32.1 Å². The molecule has 1 atom stereocenters. The monoisotopic (exact) mass is 290 g/mol. The molecule has 0 amide bonds. The van der Waals surface area contributed by atoms with Crippen LogP contribution in [0.1, 0.15) is 52.4 Å². The smallest absolute Gasteiger partial charge is 0.255 e. The van der Waals surface area contributed by atoms with Crippen molar-refractivity contribution in [2.45, 2.75) is 52.4 Å². The molecule has 116 valence electrons. The minimum absolute atomic E-state index is 0.252. The van der Waals surface area contributed by atoms with Gasteiger partial charge in [-0.1, -0.05) is 46.0 Å². The van der Waals surface area contributed by atoms with Gasteiger partial charge in [0.05, 0.1) is 0 Å². The molecule has 3 N–H and O–H groups in total. The second-order valence-corrected chi connectivity index (χ2v) is 5.50. The Morgan fingerprint density at radius 2 is 2.14 bits per heavy atom. The maximum atomic E-state index is 5.60. The molecule has 0 fully saturated rings. The van der Waals surface area contributed by atoms with Gasteiger partial charge in [-0.2, -0.15) is 9.50 Å². The topological polar surface area (TPSA) is 81.1 Å². The van der Waals surface area contributed by atoms with Crippen molar-refractivity contribution >= 4 is 17.5 Å². The summed E-state index contributed by atoms with van der Waals surface area (Å²) in [5.74, 6) is 2.57. The molecule has 0 saturated carbocycles. The quantitative estimate of drug-likeness (QED) is 0.693. The van der Waals surface area contributed by atoms with Crippen molar-refractivity contribution in [1.82, 2.24) is 19.6 Å². The van der Waals surface area contributed by atoms with Crippen molar-refractivity contribution in [2.24, 2.45) is 5.92 Å². The average Bonchev–Trinajstić information content (AvgIpc) is 2.86. The lowest BCUT2D eigenvalue weighted by Crippen LogP contribution is -2.08. The molecule has 0 spiro atoms. The zero-order chi connectivity index (χ0) is 15.1. The van der Waals surface area contributed by atoms with Crippen LogP contribution in [0.25, 0.3) is 5.78 Å². The van der Waals surface area contributed by atoms with E-state index in [-0.39, 0.29) is 5.95 Å². The van der Waals surface area contributed by atoms with Gasteiger partial charge in [-0.15, -0.1) is 5.10 Å². The number of anilines is 2. The first-order chi connectivity index (χ1) is 10.2. The molecule has 2 rings (SSSR count). The van der Waals surface area contributed by atoms with E-state index >= 15 is 0 Å². The highest BCUT2D eigenvalue weighted by Gasteiger charge is 2.06. The largest absolute Gasteiger partial charge is 0.370 e. The maximum absolute atomic E-state index is 5.60. The normalized spacial score (nSPS) is 12.7. The number of nitrogens with one attached hydrogen (secondary N) is 1. The van der Waals surface area contributed by atoms with Crippen LogP contribution in [-0.4, -0.2) is 26.1 Å². The molecule has 0 aliphatic carbocycles. The molecule has 6 nitrogen and oxygen atoms in total. The standard InChI is InChI=1S/C15H26N6/c1-3-7-12(4-2)8-5-6-10-17-13-9-11-18-15-19-14(16)20-21(13)15/h9,11-12,17H,3-8,10H2,1-2H3,(H2,16,20). The molecule has 2 aromatic heterocycles. The summed E-state index contributed by atoms with van der Waals surface area (Å²) in [6.07, 6.45) is 9.42. The number of hydrogen-bond acceptors (Lipinski definition) is 5. The Labute approximate surface area is 126 Å². The Hall–Kier alpha value is -1.85. The summed E-state index contributed by atoms with van der Waals surface area (Å²) in [7, 11) is 0. The lowest BCUT2D eigenvalue weighted by molar-refractivity contribution is 0.416. The molecule has 2 aromatic rings. The summed E-state index contributed by atoms with van der Waals surface area (Å²) in [6, 6.07) is 1.90. The third-order valence-corrected chi connectivity index (χ3v) is 3.88. The Kier molecular flexibility index (Phi) is 5.78. The molecule has 6 heteroatoms. The average molecular weight is 290 g/mol. The number of aromatic nitrogens is 4. The van der Waals surface area contributed by atoms with E-state index in [0.717, 1.165) is 24.7 Å². The fourth-order valence-electron chi connectivity index (χ4n) is 2.68. The maximum Gasteiger partial charge on any atom is 0.255 e. The molecule has 21 heavy (non-hydrogen) atoms. The van der Waals surface area contributed by atoms with E-state index in [4.69, 9.17) is 5.73 Å². The van der Waals surface area contributed by atoms with Gasteiger partial charge in [-0.3, -0.25) is 0 Å². The number of fused-ring (bicyclic) bond motifs is 1. The number of nitrogens with zero attached hydrogens (tertiary/aromatic N) is 4. The summed E-state index contributed by atoms with van der Waals surface area (Å²) in [4.78, 5) is 8.18. The number of hydrogen-bond donors (Lipinski definition) is 2. The van der Waals surface area contributed by atoms with E-state index < -0.39 is 0 Å². The highest BCUT2D eigenvalue weighted by molar-refractivity contribution is 5.45. The first kappa shape index (κ1) is 15.5. The van der Waals surface area contributed by atoms with Crippen LogP contribution in [0.2, 0.25) is 0 Å². The van der Waals surface area contributed by atoms with Crippen LogP contribution in [0.4, 0.5) is 11.8 Å². The Bertz CT molecular complexity index is 550. The highest BCUT2D eigenvalue weighted by Crippen LogP contribution is 2.18. The van der Waals surface area contributed by atoms with Crippen LogP contribution in [0.3, 0.4) is 0 Å².